The SMILES string of the molecule is c1ccc2c(c1)sc1ccc(-n3c4c(c5ccccc53)CCc3c-4c4cccnc4n3-c3ccc4sc5ccccc5c4c3)cc12. The van der Waals surface area contributed by atoms with Crippen molar-refractivity contribution in [3.8, 4) is 22.6 Å². The predicted molar refractivity (Wildman–Crippen MR) is 197 cm³/mol. The highest BCUT2D eigenvalue weighted by atomic mass is 32.1. The van der Waals surface area contributed by atoms with Crippen LogP contribution in [0.3, 0.4) is 0 Å². The van der Waals surface area contributed by atoms with Crippen molar-refractivity contribution in [3.05, 3.63) is 139 Å². The zero-order valence-corrected chi connectivity index (χ0v) is 26.3. The molecule has 0 radical (unpaired) electrons. The zero-order valence-electron chi connectivity index (χ0n) is 24.7. The topological polar surface area (TPSA) is 22.8 Å². The van der Waals surface area contributed by atoms with Crippen LogP contribution in [0.25, 0.3) is 84.9 Å². The lowest BCUT2D eigenvalue weighted by atomic mass is 9.92. The largest absolute Gasteiger partial charge is 0.309 e. The Kier molecular flexibility index (Phi) is 4.98. The molecule has 0 amide bonds. The van der Waals surface area contributed by atoms with Crippen LogP contribution < -0.4 is 0 Å². The molecule has 3 nitrogen and oxygen atoms in total. The van der Waals surface area contributed by atoms with Crippen LogP contribution >= 0.6 is 22.7 Å². The van der Waals surface area contributed by atoms with E-state index < -0.39 is 0 Å². The van der Waals surface area contributed by atoms with Gasteiger partial charge in [0, 0.05) is 79.9 Å². The van der Waals surface area contributed by atoms with E-state index in [2.05, 4.69) is 130 Å². The summed E-state index contributed by atoms with van der Waals surface area (Å²) >= 11 is 3.74. The van der Waals surface area contributed by atoms with Crippen LogP contribution in [-0.4, -0.2) is 14.1 Å². The minimum absolute atomic E-state index is 0.962. The van der Waals surface area contributed by atoms with Crippen molar-refractivity contribution in [2.45, 2.75) is 12.8 Å². The maximum absolute atomic E-state index is 5.05. The Morgan fingerprint density at radius 1 is 0.500 bits per heavy atom. The number of aryl methyl sites for hydroxylation is 1. The molecule has 0 aliphatic heterocycles. The molecule has 0 saturated heterocycles. The van der Waals surface area contributed by atoms with Gasteiger partial charge < -0.3 is 4.57 Å². The molecule has 0 atom stereocenters. The molecule has 0 bridgehead atoms. The molecule has 0 N–H and O–H groups in total. The van der Waals surface area contributed by atoms with Gasteiger partial charge in [-0.25, -0.2) is 4.98 Å². The van der Waals surface area contributed by atoms with Gasteiger partial charge in [-0.1, -0.05) is 54.6 Å². The van der Waals surface area contributed by atoms with Crippen LogP contribution in [0.15, 0.2) is 128 Å². The standard InChI is InChI=1S/C41H25N3S2/c1-4-12-33-26(8-1)29-17-18-34-39(40(29)43(33)24-15-19-37-31(22-24)27-9-2-5-13-35(27)45-37)30-11-7-21-42-41(30)44(34)25-16-20-38-32(23-25)28-10-3-6-14-36(28)46-38/h1-16,19-23H,17-18H2. The molecule has 5 aromatic carbocycles. The molecular formula is C41H25N3S2. The molecule has 11 rings (SSSR count). The lowest BCUT2D eigenvalue weighted by Crippen LogP contribution is -2.09. The highest BCUT2D eigenvalue weighted by molar-refractivity contribution is 7.26. The first-order valence-corrected chi connectivity index (χ1v) is 17.4. The minimum Gasteiger partial charge on any atom is -0.309 e. The van der Waals surface area contributed by atoms with Crippen LogP contribution in [0.2, 0.25) is 0 Å². The van der Waals surface area contributed by atoms with Gasteiger partial charge in [-0.3, -0.25) is 4.57 Å². The van der Waals surface area contributed by atoms with E-state index in [-0.39, 0.29) is 0 Å². The number of nitrogens with zero attached hydrogens (tertiary/aromatic N) is 3. The summed E-state index contributed by atoms with van der Waals surface area (Å²) in [6.45, 7) is 0. The van der Waals surface area contributed by atoms with Crippen molar-refractivity contribution in [2.75, 3.05) is 0 Å². The Hall–Kier alpha value is -5.23. The van der Waals surface area contributed by atoms with E-state index in [1.807, 2.05) is 28.9 Å². The summed E-state index contributed by atoms with van der Waals surface area (Å²) in [7, 11) is 0. The smallest absolute Gasteiger partial charge is 0.145 e. The Morgan fingerprint density at radius 2 is 1.09 bits per heavy atom. The first-order valence-electron chi connectivity index (χ1n) is 15.8. The van der Waals surface area contributed by atoms with Gasteiger partial charge in [-0.2, -0.15) is 0 Å². The summed E-state index contributed by atoms with van der Waals surface area (Å²) in [5, 5.41) is 7.83. The minimum atomic E-state index is 0.962. The molecule has 216 valence electrons. The molecule has 0 saturated carbocycles. The van der Waals surface area contributed by atoms with Gasteiger partial charge in [-0.15, -0.1) is 22.7 Å². The number of hydrogen-bond acceptors (Lipinski definition) is 3. The fourth-order valence-corrected chi connectivity index (χ4v) is 10.2. The summed E-state index contributed by atoms with van der Waals surface area (Å²) in [6.07, 6.45) is 3.89. The van der Waals surface area contributed by atoms with Crippen LogP contribution in [0, 0.1) is 0 Å². The monoisotopic (exact) mass is 623 g/mol. The first-order chi connectivity index (χ1) is 22.8. The quantitative estimate of drug-likeness (QED) is 0.188. The number of hydrogen-bond donors (Lipinski definition) is 0. The second kappa shape index (κ2) is 9.16. The van der Waals surface area contributed by atoms with Gasteiger partial charge in [0.1, 0.15) is 5.65 Å². The van der Waals surface area contributed by atoms with Crippen molar-refractivity contribution >= 4 is 85.0 Å². The Bertz CT molecular complexity index is 2880. The predicted octanol–water partition coefficient (Wildman–Crippen LogP) is 11.5. The molecule has 5 aromatic heterocycles. The van der Waals surface area contributed by atoms with Gasteiger partial charge in [0.15, 0.2) is 0 Å². The summed E-state index contributed by atoms with van der Waals surface area (Å²) in [5.41, 5.74) is 10.1. The summed E-state index contributed by atoms with van der Waals surface area (Å²) < 4.78 is 10.3. The van der Waals surface area contributed by atoms with Gasteiger partial charge in [-0.05, 0) is 85.1 Å². The summed E-state index contributed by atoms with van der Waals surface area (Å²) in [4.78, 5) is 5.05. The third-order valence-electron chi connectivity index (χ3n) is 9.89. The molecule has 1 aliphatic rings. The molecule has 46 heavy (non-hydrogen) atoms. The van der Waals surface area contributed by atoms with Crippen molar-refractivity contribution in [3.63, 3.8) is 0 Å². The van der Waals surface area contributed by atoms with Gasteiger partial charge in [0.2, 0.25) is 0 Å². The average Bonchev–Trinajstić information content (AvgIpc) is 3.85. The van der Waals surface area contributed by atoms with E-state index in [1.165, 1.54) is 90.5 Å². The highest BCUT2D eigenvalue weighted by Crippen LogP contribution is 2.48. The van der Waals surface area contributed by atoms with Gasteiger partial charge >= 0.3 is 0 Å². The number of rotatable bonds is 2. The normalized spacial score (nSPS) is 13.0. The number of thiophene rings is 2. The van der Waals surface area contributed by atoms with Crippen LogP contribution in [0.1, 0.15) is 11.3 Å². The zero-order chi connectivity index (χ0) is 29.9. The summed E-state index contributed by atoms with van der Waals surface area (Å²) in [5.74, 6) is 0. The van der Waals surface area contributed by atoms with E-state index in [0.717, 1.165) is 18.5 Å². The number of aromatic nitrogens is 3. The molecular weight excluding hydrogens is 599 g/mol. The highest BCUT2D eigenvalue weighted by Gasteiger charge is 2.31. The average molecular weight is 624 g/mol. The lowest BCUT2D eigenvalue weighted by molar-refractivity contribution is 0.859. The number of para-hydroxylation sites is 1. The van der Waals surface area contributed by atoms with Crippen molar-refractivity contribution in [1.82, 2.24) is 14.1 Å². The Morgan fingerprint density at radius 3 is 1.80 bits per heavy atom. The van der Waals surface area contributed by atoms with Crippen molar-refractivity contribution in [2.24, 2.45) is 0 Å². The maximum atomic E-state index is 5.05. The van der Waals surface area contributed by atoms with Gasteiger partial charge in [0.05, 0.1) is 11.2 Å². The fraction of sp³-hybridized carbons (Fsp3) is 0.0488. The number of benzene rings is 5. The molecule has 0 spiro atoms. The third-order valence-corrected chi connectivity index (χ3v) is 12.2. The van der Waals surface area contributed by atoms with Crippen molar-refractivity contribution in [1.29, 1.82) is 0 Å². The lowest BCUT2D eigenvalue weighted by Gasteiger charge is -2.20. The van der Waals surface area contributed by atoms with Crippen molar-refractivity contribution < 1.29 is 0 Å². The van der Waals surface area contributed by atoms with E-state index >= 15 is 0 Å². The van der Waals surface area contributed by atoms with Crippen LogP contribution in [0.5, 0.6) is 0 Å². The third kappa shape index (κ3) is 3.28. The Labute approximate surface area is 272 Å². The molecule has 5 heterocycles. The van der Waals surface area contributed by atoms with E-state index in [0.29, 0.717) is 0 Å². The summed E-state index contributed by atoms with van der Waals surface area (Å²) in [6, 6.07) is 44.8. The first kappa shape index (κ1) is 25.0. The number of fused-ring (bicyclic) bond motifs is 13. The maximum Gasteiger partial charge on any atom is 0.145 e. The number of pyridine rings is 1. The van der Waals surface area contributed by atoms with Gasteiger partial charge in [0.25, 0.3) is 0 Å². The van der Waals surface area contributed by atoms with Crippen LogP contribution in [-0.2, 0) is 12.8 Å². The van der Waals surface area contributed by atoms with Crippen LogP contribution in [0.4, 0.5) is 0 Å². The molecule has 10 aromatic rings. The van der Waals surface area contributed by atoms with E-state index in [4.69, 9.17) is 4.98 Å². The molecule has 1 aliphatic carbocycles. The van der Waals surface area contributed by atoms with E-state index in [9.17, 15) is 0 Å². The second-order valence-corrected chi connectivity index (χ2v) is 14.4. The Balaban J connectivity index is 1.23. The molecule has 5 heteroatoms. The fourth-order valence-electron chi connectivity index (χ4n) is 7.98. The van der Waals surface area contributed by atoms with E-state index in [1.54, 1.807) is 0 Å². The second-order valence-electron chi connectivity index (χ2n) is 12.3. The molecule has 0 fully saturated rings. The molecule has 0 unspecified atom stereocenters.